The van der Waals surface area contributed by atoms with Gasteiger partial charge in [-0.15, -0.1) is 0 Å². The quantitative estimate of drug-likeness (QED) is 0.0542. The summed E-state index contributed by atoms with van der Waals surface area (Å²) in [4.78, 5) is 24.7. The minimum Gasteiger partial charge on any atom is -0.422 e. The van der Waals surface area contributed by atoms with Gasteiger partial charge in [-0.1, -0.05) is 130 Å². The van der Waals surface area contributed by atoms with Crippen molar-refractivity contribution in [2.45, 2.75) is 117 Å². The van der Waals surface area contributed by atoms with Crippen molar-refractivity contribution >= 4 is 34.0 Å². The maximum absolute atomic E-state index is 12.5. The van der Waals surface area contributed by atoms with E-state index >= 15 is 0 Å². The number of hydrogen-bond acceptors (Lipinski definition) is 4. The van der Waals surface area contributed by atoms with Gasteiger partial charge >= 0.3 is 5.97 Å². The molecule has 0 unspecified atom stereocenters. The monoisotopic (exact) mass is 598 g/mol. The van der Waals surface area contributed by atoms with Gasteiger partial charge in [0.05, 0.1) is 11.8 Å². The molecule has 0 atom stereocenters. The number of halogens is 1. The Labute approximate surface area is 244 Å². The van der Waals surface area contributed by atoms with Crippen molar-refractivity contribution < 1.29 is 14.3 Å². The van der Waals surface area contributed by atoms with E-state index in [1.165, 1.54) is 89.7 Å². The summed E-state index contributed by atoms with van der Waals surface area (Å²) >= 11 is 3.43. The third-order valence-corrected chi connectivity index (χ3v) is 7.36. The summed E-state index contributed by atoms with van der Waals surface area (Å²) in [5.74, 6) is -0.164. The van der Waals surface area contributed by atoms with Crippen LogP contribution in [-0.2, 0) is 4.79 Å². The van der Waals surface area contributed by atoms with Gasteiger partial charge in [-0.2, -0.15) is 5.10 Å². The van der Waals surface area contributed by atoms with Gasteiger partial charge in [0, 0.05) is 16.5 Å². The van der Waals surface area contributed by atoms with Crippen molar-refractivity contribution in [2.24, 2.45) is 5.10 Å². The van der Waals surface area contributed by atoms with E-state index in [-0.39, 0.29) is 5.91 Å². The third-order valence-electron chi connectivity index (χ3n) is 6.86. The Morgan fingerprint density at radius 3 is 1.90 bits per heavy atom. The van der Waals surface area contributed by atoms with Gasteiger partial charge in [0.25, 0.3) is 0 Å². The summed E-state index contributed by atoms with van der Waals surface area (Å²) in [7, 11) is 0. The highest BCUT2D eigenvalue weighted by atomic mass is 79.9. The molecule has 0 spiro atoms. The molecule has 1 N–H and O–H groups in total. The molecule has 0 radical (unpaired) electrons. The highest BCUT2D eigenvalue weighted by Crippen LogP contribution is 2.23. The standard InChI is InChI=1S/C33H47BrN2O3/c1-3-4-5-6-7-8-9-10-11-12-13-14-15-16-17-18-32(37)36-35-26-29-25-30(34)23-24-31(29)39-33(38)28-21-19-27(2)20-22-28/h19-26H,3-18H2,1-2H3,(H,36,37)/b35-26-. The van der Waals surface area contributed by atoms with Gasteiger partial charge in [-0.05, 0) is 43.7 Å². The molecule has 39 heavy (non-hydrogen) atoms. The van der Waals surface area contributed by atoms with E-state index in [1.54, 1.807) is 30.3 Å². The molecule has 1 amide bonds. The second-order valence-electron chi connectivity index (χ2n) is 10.4. The molecule has 0 fully saturated rings. The van der Waals surface area contributed by atoms with Crippen molar-refractivity contribution in [3.63, 3.8) is 0 Å². The lowest BCUT2D eigenvalue weighted by atomic mass is 10.0. The molecule has 0 heterocycles. The lowest BCUT2D eigenvalue weighted by Crippen LogP contribution is -2.17. The Bertz CT molecular complexity index is 1000. The molecule has 214 valence electrons. The summed E-state index contributed by atoms with van der Waals surface area (Å²) in [6.45, 7) is 4.23. The van der Waals surface area contributed by atoms with Crippen molar-refractivity contribution in [2.75, 3.05) is 0 Å². The van der Waals surface area contributed by atoms with Crippen LogP contribution in [-0.4, -0.2) is 18.1 Å². The van der Waals surface area contributed by atoms with Crippen LogP contribution in [0.3, 0.4) is 0 Å². The van der Waals surface area contributed by atoms with E-state index in [0.29, 0.717) is 23.3 Å². The highest BCUT2D eigenvalue weighted by Gasteiger charge is 2.11. The Kier molecular flexibility index (Phi) is 17.2. The summed E-state index contributed by atoms with van der Waals surface area (Å²) in [5.41, 5.74) is 4.74. The average Bonchev–Trinajstić information content (AvgIpc) is 2.92. The molecule has 5 nitrogen and oxygen atoms in total. The number of rotatable bonds is 20. The maximum atomic E-state index is 12.5. The van der Waals surface area contributed by atoms with Gasteiger partial charge in [-0.25, -0.2) is 10.2 Å². The van der Waals surface area contributed by atoms with Gasteiger partial charge in [0.2, 0.25) is 5.91 Å². The van der Waals surface area contributed by atoms with Gasteiger partial charge in [0.15, 0.2) is 0 Å². The minimum absolute atomic E-state index is 0.103. The van der Waals surface area contributed by atoms with Crippen molar-refractivity contribution in [1.29, 1.82) is 0 Å². The normalized spacial score (nSPS) is 11.2. The zero-order chi connectivity index (χ0) is 28.1. The Hall–Kier alpha value is -2.47. The predicted octanol–water partition coefficient (Wildman–Crippen LogP) is 9.69. The highest BCUT2D eigenvalue weighted by molar-refractivity contribution is 9.10. The molecular formula is C33H47BrN2O3. The number of ether oxygens (including phenoxy) is 1. The first kappa shape index (κ1) is 32.7. The number of benzene rings is 2. The number of carbonyl (C=O) groups excluding carboxylic acids is 2. The van der Waals surface area contributed by atoms with Crippen LogP contribution in [0.2, 0.25) is 0 Å². The van der Waals surface area contributed by atoms with Crippen molar-refractivity contribution in [1.82, 2.24) is 5.43 Å². The number of amides is 1. The number of unbranched alkanes of at least 4 members (excludes halogenated alkanes) is 14. The van der Waals surface area contributed by atoms with Gasteiger partial charge in [-0.3, -0.25) is 4.79 Å². The smallest absolute Gasteiger partial charge is 0.343 e. The Balaban J connectivity index is 1.57. The van der Waals surface area contributed by atoms with E-state index < -0.39 is 5.97 Å². The van der Waals surface area contributed by atoms with E-state index in [4.69, 9.17) is 4.74 Å². The third kappa shape index (κ3) is 15.0. The summed E-state index contributed by atoms with van der Waals surface area (Å²) in [5, 5.41) is 4.09. The molecule has 2 aromatic rings. The topological polar surface area (TPSA) is 67.8 Å². The molecule has 2 rings (SSSR count). The lowest BCUT2D eigenvalue weighted by molar-refractivity contribution is -0.121. The van der Waals surface area contributed by atoms with Crippen molar-refractivity contribution in [3.05, 3.63) is 63.6 Å². The van der Waals surface area contributed by atoms with Crippen LogP contribution < -0.4 is 10.2 Å². The Morgan fingerprint density at radius 1 is 0.795 bits per heavy atom. The van der Waals surface area contributed by atoms with E-state index in [0.717, 1.165) is 22.9 Å². The average molecular weight is 600 g/mol. The number of carbonyl (C=O) groups is 2. The van der Waals surface area contributed by atoms with Crippen LogP contribution in [0.15, 0.2) is 52.0 Å². The van der Waals surface area contributed by atoms with Crippen molar-refractivity contribution in [3.8, 4) is 5.75 Å². The molecular weight excluding hydrogens is 552 g/mol. The molecule has 0 aliphatic carbocycles. The fourth-order valence-electron chi connectivity index (χ4n) is 4.45. The van der Waals surface area contributed by atoms with E-state index in [9.17, 15) is 9.59 Å². The number of nitrogens with one attached hydrogen (secondary N) is 1. The predicted molar refractivity (Wildman–Crippen MR) is 166 cm³/mol. The zero-order valence-electron chi connectivity index (χ0n) is 24.0. The molecule has 0 aliphatic heterocycles. The van der Waals surface area contributed by atoms with Crippen LogP contribution in [0.4, 0.5) is 0 Å². The molecule has 2 aromatic carbocycles. The summed E-state index contributed by atoms with van der Waals surface area (Å²) in [6.07, 6.45) is 21.5. The van der Waals surface area contributed by atoms with Crippen LogP contribution in [0.5, 0.6) is 5.75 Å². The number of aryl methyl sites for hydroxylation is 1. The second-order valence-corrected chi connectivity index (χ2v) is 11.3. The summed E-state index contributed by atoms with van der Waals surface area (Å²) < 4.78 is 6.40. The second kappa shape index (κ2) is 20.4. The number of hydrazone groups is 1. The largest absolute Gasteiger partial charge is 0.422 e. The molecule has 6 heteroatoms. The molecule has 0 saturated carbocycles. The van der Waals surface area contributed by atoms with E-state index in [1.807, 2.05) is 19.1 Å². The first-order valence-electron chi connectivity index (χ1n) is 14.9. The maximum Gasteiger partial charge on any atom is 0.343 e. The number of hydrogen-bond donors (Lipinski definition) is 1. The van der Waals surface area contributed by atoms with Crippen LogP contribution in [0.25, 0.3) is 0 Å². The molecule has 0 saturated heterocycles. The minimum atomic E-state index is -0.441. The van der Waals surface area contributed by atoms with Gasteiger partial charge < -0.3 is 4.74 Å². The van der Waals surface area contributed by atoms with Crippen LogP contribution in [0, 0.1) is 6.92 Å². The lowest BCUT2D eigenvalue weighted by Gasteiger charge is -2.08. The first-order chi connectivity index (χ1) is 19.0. The fourth-order valence-corrected chi connectivity index (χ4v) is 4.83. The zero-order valence-corrected chi connectivity index (χ0v) is 25.6. The molecule has 0 aromatic heterocycles. The first-order valence-corrected chi connectivity index (χ1v) is 15.7. The Morgan fingerprint density at radius 2 is 1.33 bits per heavy atom. The summed E-state index contributed by atoms with van der Waals surface area (Å²) in [6, 6.07) is 12.5. The number of nitrogens with zero attached hydrogens (tertiary/aromatic N) is 1. The fraction of sp³-hybridized carbons (Fsp3) is 0.545. The molecule has 0 bridgehead atoms. The SMILES string of the molecule is CCCCCCCCCCCCCCCCCC(=O)N/N=C\c1cc(Br)ccc1OC(=O)c1ccc(C)cc1. The van der Waals surface area contributed by atoms with E-state index in [2.05, 4.69) is 33.4 Å². The molecule has 0 aliphatic rings. The van der Waals surface area contributed by atoms with Crippen LogP contribution >= 0.6 is 15.9 Å². The van der Waals surface area contributed by atoms with Crippen LogP contribution in [0.1, 0.15) is 131 Å². The number of esters is 1. The van der Waals surface area contributed by atoms with Gasteiger partial charge in [0.1, 0.15) is 5.75 Å².